The van der Waals surface area contributed by atoms with Crippen molar-refractivity contribution in [2.75, 3.05) is 13.6 Å². The Bertz CT molecular complexity index is 399. The van der Waals surface area contributed by atoms with E-state index in [0.717, 1.165) is 0 Å². The van der Waals surface area contributed by atoms with E-state index in [1.165, 1.54) is 34.7 Å². The van der Waals surface area contributed by atoms with Crippen molar-refractivity contribution in [3.8, 4) is 0 Å². The van der Waals surface area contributed by atoms with Gasteiger partial charge in [-0.3, -0.25) is 0 Å². The summed E-state index contributed by atoms with van der Waals surface area (Å²) in [7, 11) is 2.23. The molecule has 1 aliphatic rings. The maximum absolute atomic E-state index is 3.82. The molecule has 1 N–H and O–H groups in total. The molecule has 18 heavy (non-hydrogen) atoms. The van der Waals surface area contributed by atoms with Crippen LogP contribution in [0.15, 0.2) is 6.07 Å². The second-order valence-electron chi connectivity index (χ2n) is 5.81. The summed E-state index contributed by atoms with van der Waals surface area (Å²) in [6.07, 6.45) is 2.54. The van der Waals surface area contributed by atoms with Crippen LogP contribution in [0.2, 0.25) is 0 Å². The summed E-state index contributed by atoms with van der Waals surface area (Å²) in [6.45, 7) is 10.3. The van der Waals surface area contributed by atoms with E-state index in [1.54, 1.807) is 0 Å². The molecule has 0 aromatic carbocycles. The van der Waals surface area contributed by atoms with Gasteiger partial charge in [-0.1, -0.05) is 0 Å². The van der Waals surface area contributed by atoms with Crippen molar-refractivity contribution in [2.45, 2.75) is 58.7 Å². The van der Waals surface area contributed by atoms with Crippen LogP contribution < -0.4 is 5.32 Å². The Balaban J connectivity index is 1.95. The topological polar surface area (TPSA) is 15.3 Å². The highest BCUT2D eigenvalue weighted by Crippen LogP contribution is 2.27. The third kappa shape index (κ3) is 3.14. The molecule has 2 heterocycles. The van der Waals surface area contributed by atoms with Crippen LogP contribution in [-0.2, 0) is 0 Å². The zero-order valence-corrected chi connectivity index (χ0v) is 13.1. The first-order valence-corrected chi connectivity index (χ1v) is 7.82. The maximum atomic E-state index is 3.82. The molecule has 0 saturated carbocycles. The molecule has 1 aliphatic heterocycles. The molecule has 1 aromatic heterocycles. The first-order chi connectivity index (χ1) is 8.47. The smallest absolute Gasteiger partial charge is 0.0305 e. The fourth-order valence-electron chi connectivity index (χ4n) is 2.96. The van der Waals surface area contributed by atoms with Crippen LogP contribution in [0.1, 0.15) is 48.0 Å². The molecule has 2 nitrogen and oxygen atoms in total. The Labute approximate surface area is 115 Å². The molecule has 0 spiro atoms. The Morgan fingerprint density at radius 2 is 2.17 bits per heavy atom. The van der Waals surface area contributed by atoms with E-state index < -0.39 is 0 Å². The molecule has 0 aliphatic carbocycles. The summed E-state index contributed by atoms with van der Waals surface area (Å²) in [4.78, 5) is 5.35. The number of likely N-dealkylation sites (tertiary alicyclic amines) is 1. The van der Waals surface area contributed by atoms with Gasteiger partial charge in [0.15, 0.2) is 0 Å². The van der Waals surface area contributed by atoms with Crippen molar-refractivity contribution < 1.29 is 0 Å². The van der Waals surface area contributed by atoms with E-state index in [1.807, 2.05) is 11.3 Å². The maximum Gasteiger partial charge on any atom is 0.0305 e. The van der Waals surface area contributed by atoms with E-state index in [4.69, 9.17) is 0 Å². The molecular formula is C15H26N2S. The molecule has 2 rings (SSSR count). The van der Waals surface area contributed by atoms with Gasteiger partial charge in [-0.25, -0.2) is 0 Å². The lowest BCUT2D eigenvalue weighted by Crippen LogP contribution is -2.46. The fourth-order valence-corrected chi connectivity index (χ4v) is 3.99. The average molecular weight is 266 g/mol. The number of hydrogen-bond acceptors (Lipinski definition) is 3. The highest BCUT2D eigenvalue weighted by Gasteiger charge is 2.24. The quantitative estimate of drug-likeness (QED) is 0.901. The third-order valence-corrected chi connectivity index (χ3v) is 5.22. The fraction of sp³-hybridized carbons (Fsp3) is 0.733. The lowest BCUT2D eigenvalue weighted by molar-refractivity contribution is 0.163. The highest BCUT2D eigenvalue weighted by atomic mass is 32.1. The number of thiophene rings is 1. The van der Waals surface area contributed by atoms with Gasteiger partial charge < -0.3 is 10.2 Å². The first kappa shape index (κ1) is 14.0. The first-order valence-electron chi connectivity index (χ1n) is 7.00. The number of piperidine rings is 1. The van der Waals surface area contributed by atoms with E-state index >= 15 is 0 Å². The molecule has 3 unspecified atom stereocenters. The van der Waals surface area contributed by atoms with E-state index in [2.05, 4.69) is 51.0 Å². The number of rotatable bonds is 3. The molecule has 1 aromatic rings. The van der Waals surface area contributed by atoms with Gasteiger partial charge >= 0.3 is 0 Å². The summed E-state index contributed by atoms with van der Waals surface area (Å²) in [5, 5.41) is 3.82. The zero-order chi connectivity index (χ0) is 13.3. The second-order valence-corrected chi connectivity index (χ2v) is 7.27. The van der Waals surface area contributed by atoms with E-state index in [-0.39, 0.29) is 0 Å². The Hall–Kier alpha value is -0.380. The van der Waals surface area contributed by atoms with Gasteiger partial charge in [0.05, 0.1) is 0 Å². The SMILES string of the molecule is Cc1cc(C(C)NC2CCN(C)C(C)C2)c(C)s1. The van der Waals surface area contributed by atoms with Crippen molar-refractivity contribution in [1.29, 1.82) is 0 Å². The molecule has 0 amide bonds. The van der Waals surface area contributed by atoms with E-state index in [0.29, 0.717) is 18.1 Å². The summed E-state index contributed by atoms with van der Waals surface area (Å²) in [6, 6.07) is 4.20. The Morgan fingerprint density at radius 3 is 2.72 bits per heavy atom. The van der Waals surface area contributed by atoms with Crippen LogP contribution >= 0.6 is 11.3 Å². The van der Waals surface area contributed by atoms with Gasteiger partial charge in [0.1, 0.15) is 0 Å². The average Bonchev–Trinajstić information content (AvgIpc) is 2.63. The predicted molar refractivity (Wildman–Crippen MR) is 80.5 cm³/mol. The summed E-state index contributed by atoms with van der Waals surface area (Å²) in [5.41, 5.74) is 1.49. The normalized spacial score (nSPS) is 27.4. The minimum Gasteiger partial charge on any atom is -0.307 e. The number of nitrogens with zero attached hydrogens (tertiary/aromatic N) is 1. The van der Waals surface area contributed by atoms with Crippen molar-refractivity contribution in [1.82, 2.24) is 10.2 Å². The van der Waals surface area contributed by atoms with Crippen molar-refractivity contribution >= 4 is 11.3 Å². The van der Waals surface area contributed by atoms with Gasteiger partial charge in [-0.15, -0.1) is 11.3 Å². The highest BCUT2D eigenvalue weighted by molar-refractivity contribution is 7.12. The van der Waals surface area contributed by atoms with Crippen LogP contribution in [0.3, 0.4) is 0 Å². The summed E-state index contributed by atoms with van der Waals surface area (Å²) >= 11 is 1.91. The van der Waals surface area contributed by atoms with Crippen molar-refractivity contribution in [2.24, 2.45) is 0 Å². The van der Waals surface area contributed by atoms with E-state index in [9.17, 15) is 0 Å². The predicted octanol–water partition coefficient (Wildman–Crippen LogP) is 3.50. The number of hydrogen-bond donors (Lipinski definition) is 1. The van der Waals surface area contributed by atoms with Crippen LogP contribution in [0.25, 0.3) is 0 Å². The molecule has 102 valence electrons. The van der Waals surface area contributed by atoms with Gasteiger partial charge in [-0.05, 0) is 65.8 Å². The van der Waals surface area contributed by atoms with Gasteiger partial charge in [0, 0.05) is 27.9 Å². The number of nitrogens with one attached hydrogen (secondary N) is 1. The molecule has 3 atom stereocenters. The Morgan fingerprint density at radius 1 is 1.44 bits per heavy atom. The largest absolute Gasteiger partial charge is 0.307 e. The molecular weight excluding hydrogens is 240 g/mol. The van der Waals surface area contributed by atoms with Crippen molar-refractivity contribution in [3.63, 3.8) is 0 Å². The minimum atomic E-state index is 0.482. The zero-order valence-electron chi connectivity index (χ0n) is 12.3. The summed E-state index contributed by atoms with van der Waals surface area (Å²) in [5.74, 6) is 0. The van der Waals surface area contributed by atoms with Crippen molar-refractivity contribution in [3.05, 3.63) is 21.4 Å². The molecule has 3 heteroatoms. The van der Waals surface area contributed by atoms with Crippen LogP contribution in [0.4, 0.5) is 0 Å². The van der Waals surface area contributed by atoms with Crippen LogP contribution in [-0.4, -0.2) is 30.6 Å². The molecule has 1 fully saturated rings. The van der Waals surface area contributed by atoms with Gasteiger partial charge in [-0.2, -0.15) is 0 Å². The number of aryl methyl sites for hydroxylation is 2. The third-order valence-electron chi connectivity index (χ3n) is 4.24. The van der Waals surface area contributed by atoms with Crippen LogP contribution in [0.5, 0.6) is 0 Å². The molecule has 0 bridgehead atoms. The molecule has 1 saturated heterocycles. The van der Waals surface area contributed by atoms with Crippen LogP contribution in [0, 0.1) is 13.8 Å². The monoisotopic (exact) mass is 266 g/mol. The Kier molecular flexibility index (Phi) is 4.46. The lowest BCUT2D eigenvalue weighted by Gasteiger charge is -2.36. The summed E-state index contributed by atoms with van der Waals surface area (Å²) < 4.78 is 0. The second kappa shape index (κ2) is 5.72. The van der Waals surface area contributed by atoms with Gasteiger partial charge in [0.25, 0.3) is 0 Å². The molecule has 0 radical (unpaired) electrons. The lowest BCUT2D eigenvalue weighted by atomic mass is 9.97. The van der Waals surface area contributed by atoms with Gasteiger partial charge in [0.2, 0.25) is 0 Å². The standard InChI is InChI=1S/C15H26N2S/c1-10-8-14(6-7-17(10)5)16-12(3)15-9-11(2)18-13(15)4/h9-10,12,14,16H,6-8H2,1-5H3. The minimum absolute atomic E-state index is 0.482.